The van der Waals surface area contributed by atoms with E-state index in [1.807, 2.05) is 18.2 Å². The van der Waals surface area contributed by atoms with E-state index in [0.29, 0.717) is 31.5 Å². The van der Waals surface area contributed by atoms with Crippen molar-refractivity contribution in [3.05, 3.63) is 29.8 Å². The van der Waals surface area contributed by atoms with Gasteiger partial charge in [-0.1, -0.05) is 12.1 Å². The normalized spacial score (nSPS) is 17.4. The Balaban J connectivity index is 1.96. The molecule has 1 aliphatic rings. The summed E-state index contributed by atoms with van der Waals surface area (Å²) >= 11 is 0. The first-order valence-electron chi connectivity index (χ1n) is 6.94. The maximum Gasteiger partial charge on any atom is 0.253 e. The Morgan fingerprint density at radius 3 is 2.43 bits per heavy atom. The Hall–Kier alpha value is -1.60. The van der Waals surface area contributed by atoms with Gasteiger partial charge in [-0.3, -0.25) is 4.79 Å². The van der Waals surface area contributed by atoms with Gasteiger partial charge < -0.3 is 10.6 Å². The van der Waals surface area contributed by atoms with Gasteiger partial charge >= 0.3 is 0 Å². The van der Waals surface area contributed by atoms with Crippen LogP contribution >= 0.6 is 0 Å². The minimum atomic E-state index is -3.13. The van der Waals surface area contributed by atoms with Crippen LogP contribution in [0.5, 0.6) is 0 Å². The first kappa shape index (κ1) is 15.8. The van der Waals surface area contributed by atoms with Gasteiger partial charge in [-0.2, -0.15) is 0 Å². The maximum absolute atomic E-state index is 12.3. The predicted octanol–water partition coefficient (Wildman–Crippen LogP) is 0.882. The molecule has 2 N–H and O–H groups in total. The number of hydrogen-bond donors (Lipinski definition) is 2. The molecule has 6 nitrogen and oxygen atoms in total. The summed E-state index contributed by atoms with van der Waals surface area (Å²) in [5, 5.41) is 5.97. The van der Waals surface area contributed by atoms with E-state index >= 15 is 0 Å². The lowest BCUT2D eigenvalue weighted by molar-refractivity contribution is 0.0924. The van der Waals surface area contributed by atoms with Gasteiger partial charge in [0.15, 0.2) is 0 Å². The van der Waals surface area contributed by atoms with Gasteiger partial charge in [0.05, 0.1) is 11.8 Å². The van der Waals surface area contributed by atoms with Crippen molar-refractivity contribution in [2.24, 2.45) is 0 Å². The highest BCUT2D eigenvalue weighted by molar-refractivity contribution is 7.88. The highest BCUT2D eigenvalue weighted by Crippen LogP contribution is 2.17. The molecular formula is C14H21N3O3S. The van der Waals surface area contributed by atoms with Crippen LogP contribution in [0, 0.1) is 0 Å². The first-order chi connectivity index (χ1) is 9.91. The molecule has 0 spiro atoms. The van der Waals surface area contributed by atoms with E-state index in [2.05, 4.69) is 10.6 Å². The van der Waals surface area contributed by atoms with Crippen LogP contribution in [0.1, 0.15) is 23.2 Å². The lowest BCUT2D eigenvalue weighted by Gasteiger charge is -2.30. The summed E-state index contributed by atoms with van der Waals surface area (Å²) in [6.45, 7) is 0.912. The second-order valence-electron chi connectivity index (χ2n) is 5.21. The zero-order chi connectivity index (χ0) is 15.5. The molecule has 0 unspecified atom stereocenters. The fourth-order valence-electron chi connectivity index (χ4n) is 2.49. The van der Waals surface area contributed by atoms with Crippen molar-refractivity contribution in [3.8, 4) is 0 Å². The molecule has 1 fully saturated rings. The van der Waals surface area contributed by atoms with Gasteiger partial charge in [0.2, 0.25) is 10.0 Å². The van der Waals surface area contributed by atoms with Crippen molar-refractivity contribution in [1.29, 1.82) is 0 Å². The Bertz CT molecular complexity index is 608. The Kier molecular flexibility index (Phi) is 4.84. The molecule has 0 radical (unpaired) electrons. The molecule has 0 aromatic heterocycles. The number of hydrogen-bond acceptors (Lipinski definition) is 4. The first-order valence-corrected chi connectivity index (χ1v) is 8.79. The average Bonchev–Trinajstić information content (AvgIpc) is 2.46. The van der Waals surface area contributed by atoms with Crippen molar-refractivity contribution < 1.29 is 13.2 Å². The topological polar surface area (TPSA) is 78.5 Å². The maximum atomic E-state index is 12.3. The van der Waals surface area contributed by atoms with Gasteiger partial charge in [0.25, 0.3) is 5.91 Å². The molecule has 1 aromatic rings. The van der Waals surface area contributed by atoms with Gasteiger partial charge in [0.1, 0.15) is 0 Å². The SMILES string of the molecule is CNc1ccccc1C(=O)NC1CCN(S(C)(=O)=O)CC1. The smallest absolute Gasteiger partial charge is 0.253 e. The Labute approximate surface area is 125 Å². The average molecular weight is 311 g/mol. The van der Waals surface area contributed by atoms with Crippen molar-refractivity contribution in [2.45, 2.75) is 18.9 Å². The molecule has 21 heavy (non-hydrogen) atoms. The quantitative estimate of drug-likeness (QED) is 0.865. The zero-order valence-electron chi connectivity index (χ0n) is 12.3. The van der Waals surface area contributed by atoms with Crippen LogP contribution in [0.3, 0.4) is 0 Å². The van der Waals surface area contributed by atoms with E-state index in [4.69, 9.17) is 0 Å². The molecule has 1 heterocycles. The van der Waals surface area contributed by atoms with Crippen LogP contribution in [0.25, 0.3) is 0 Å². The van der Waals surface area contributed by atoms with E-state index in [-0.39, 0.29) is 11.9 Å². The zero-order valence-corrected chi connectivity index (χ0v) is 13.1. The monoisotopic (exact) mass is 311 g/mol. The summed E-state index contributed by atoms with van der Waals surface area (Å²) in [6, 6.07) is 7.32. The minimum Gasteiger partial charge on any atom is -0.387 e. The number of nitrogens with zero attached hydrogens (tertiary/aromatic N) is 1. The van der Waals surface area contributed by atoms with Crippen LogP contribution < -0.4 is 10.6 Å². The second kappa shape index (κ2) is 6.44. The van der Waals surface area contributed by atoms with Gasteiger partial charge in [-0.05, 0) is 25.0 Å². The molecule has 1 saturated heterocycles. The lowest BCUT2D eigenvalue weighted by Crippen LogP contribution is -2.46. The lowest BCUT2D eigenvalue weighted by atomic mass is 10.1. The fourth-order valence-corrected chi connectivity index (χ4v) is 3.37. The molecule has 116 valence electrons. The molecule has 2 rings (SSSR count). The number of rotatable bonds is 4. The number of nitrogens with one attached hydrogen (secondary N) is 2. The molecule has 7 heteroatoms. The van der Waals surface area contributed by atoms with E-state index in [9.17, 15) is 13.2 Å². The number of anilines is 1. The Morgan fingerprint density at radius 2 is 1.86 bits per heavy atom. The fraction of sp³-hybridized carbons (Fsp3) is 0.500. The van der Waals surface area contributed by atoms with Crippen LogP contribution in [0.4, 0.5) is 5.69 Å². The number of carbonyl (C=O) groups is 1. The van der Waals surface area contributed by atoms with Crippen LogP contribution in [0.15, 0.2) is 24.3 Å². The van der Waals surface area contributed by atoms with E-state index in [1.165, 1.54) is 10.6 Å². The number of piperidine rings is 1. The van der Waals surface area contributed by atoms with Crippen molar-refractivity contribution in [2.75, 3.05) is 31.7 Å². The molecule has 1 aliphatic heterocycles. The molecule has 0 saturated carbocycles. The number of sulfonamides is 1. The summed E-state index contributed by atoms with van der Waals surface area (Å²) in [5.41, 5.74) is 1.38. The third-order valence-corrected chi connectivity index (χ3v) is 5.00. The highest BCUT2D eigenvalue weighted by atomic mass is 32.2. The molecule has 0 aliphatic carbocycles. The number of benzene rings is 1. The third-order valence-electron chi connectivity index (χ3n) is 3.70. The largest absolute Gasteiger partial charge is 0.387 e. The van der Waals surface area contributed by atoms with Crippen molar-refractivity contribution in [1.82, 2.24) is 9.62 Å². The van der Waals surface area contributed by atoms with E-state index in [1.54, 1.807) is 13.1 Å². The molecule has 0 atom stereocenters. The van der Waals surface area contributed by atoms with Gasteiger partial charge in [0, 0.05) is 31.9 Å². The van der Waals surface area contributed by atoms with Crippen LogP contribution in [-0.4, -0.2) is 51.1 Å². The second-order valence-corrected chi connectivity index (χ2v) is 7.19. The molecule has 0 bridgehead atoms. The van der Waals surface area contributed by atoms with Crippen molar-refractivity contribution in [3.63, 3.8) is 0 Å². The van der Waals surface area contributed by atoms with Crippen molar-refractivity contribution >= 4 is 21.6 Å². The summed E-state index contributed by atoms with van der Waals surface area (Å²) in [6.07, 6.45) is 2.50. The number of carbonyl (C=O) groups excluding carboxylic acids is 1. The summed E-state index contributed by atoms with van der Waals surface area (Å²) in [7, 11) is -1.36. The van der Waals surface area contributed by atoms with Crippen LogP contribution in [-0.2, 0) is 10.0 Å². The molecular weight excluding hydrogens is 290 g/mol. The summed E-state index contributed by atoms with van der Waals surface area (Å²) in [4.78, 5) is 12.3. The molecule has 1 amide bonds. The van der Waals surface area contributed by atoms with E-state index in [0.717, 1.165) is 5.69 Å². The minimum absolute atomic E-state index is 0.0143. The number of amides is 1. The van der Waals surface area contributed by atoms with E-state index < -0.39 is 10.0 Å². The molecule has 1 aromatic carbocycles. The van der Waals surface area contributed by atoms with Gasteiger partial charge in [-0.15, -0.1) is 0 Å². The van der Waals surface area contributed by atoms with Gasteiger partial charge in [-0.25, -0.2) is 12.7 Å². The van der Waals surface area contributed by atoms with Crippen LogP contribution in [0.2, 0.25) is 0 Å². The predicted molar refractivity (Wildman–Crippen MR) is 82.9 cm³/mol. The third kappa shape index (κ3) is 3.95. The number of para-hydroxylation sites is 1. The summed E-state index contributed by atoms with van der Waals surface area (Å²) in [5.74, 6) is -0.127. The summed E-state index contributed by atoms with van der Waals surface area (Å²) < 4.78 is 24.4. The Morgan fingerprint density at radius 1 is 1.24 bits per heavy atom. The standard InChI is InChI=1S/C14H21N3O3S/c1-15-13-6-4-3-5-12(13)14(18)16-11-7-9-17(10-8-11)21(2,19)20/h3-6,11,15H,7-10H2,1-2H3,(H,16,18). The highest BCUT2D eigenvalue weighted by Gasteiger charge is 2.26.